The summed E-state index contributed by atoms with van der Waals surface area (Å²) in [5, 5.41) is 13.3. The van der Waals surface area contributed by atoms with Gasteiger partial charge in [-0.05, 0) is 37.3 Å². The molecular formula is C17H23N3. The number of nitrogens with zero attached hydrogens (tertiary/aromatic N) is 2. The Bertz CT molecular complexity index is 493. The molecule has 3 rings (SSSR count). The molecule has 2 fully saturated rings. The molecule has 20 heavy (non-hydrogen) atoms. The summed E-state index contributed by atoms with van der Waals surface area (Å²) >= 11 is 0. The second-order valence-electron chi connectivity index (χ2n) is 6.18. The van der Waals surface area contributed by atoms with Gasteiger partial charge in [0.05, 0.1) is 6.07 Å². The van der Waals surface area contributed by atoms with E-state index in [1.807, 2.05) is 18.2 Å². The van der Waals surface area contributed by atoms with Gasteiger partial charge in [-0.1, -0.05) is 37.3 Å². The third kappa shape index (κ3) is 2.34. The summed E-state index contributed by atoms with van der Waals surface area (Å²) in [6.45, 7) is 4.87. The molecule has 0 radical (unpaired) electrons. The van der Waals surface area contributed by atoms with E-state index in [0.29, 0.717) is 6.04 Å². The molecule has 1 N–H and O–H groups in total. The molecule has 3 atom stereocenters. The van der Waals surface area contributed by atoms with E-state index in [1.54, 1.807) is 0 Å². The normalized spacial score (nSPS) is 28.2. The molecule has 1 saturated heterocycles. The fourth-order valence-corrected chi connectivity index (χ4v) is 3.94. The molecule has 0 spiro atoms. The maximum Gasteiger partial charge on any atom is 0.145 e. The zero-order valence-electron chi connectivity index (χ0n) is 12.2. The molecule has 3 heteroatoms. The van der Waals surface area contributed by atoms with Crippen molar-refractivity contribution in [3.63, 3.8) is 0 Å². The van der Waals surface area contributed by atoms with Crippen LogP contribution in [0, 0.1) is 17.2 Å². The Balaban J connectivity index is 1.85. The Kier molecular flexibility index (Phi) is 3.78. The Morgan fingerprint density at radius 2 is 2.15 bits per heavy atom. The fourth-order valence-electron chi connectivity index (χ4n) is 3.94. The van der Waals surface area contributed by atoms with Gasteiger partial charge in [0, 0.05) is 19.1 Å². The Hall–Kier alpha value is -1.37. The van der Waals surface area contributed by atoms with E-state index >= 15 is 0 Å². The van der Waals surface area contributed by atoms with Gasteiger partial charge in [0.25, 0.3) is 0 Å². The smallest absolute Gasteiger partial charge is 0.145 e. The van der Waals surface area contributed by atoms with Crippen molar-refractivity contribution in [1.82, 2.24) is 10.2 Å². The highest BCUT2D eigenvalue weighted by Crippen LogP contribution is 2.39. The van der Waals surface area contributed by atoms with Crippen molar-refractivity contribution in [2.75, 3.05) is 19.6 Å². The van der Waals surface area contributed by atoms with Gasteiger partial charge in [-0.25, -0.2) is 0 Å². The van der Waals surface area contributed by atoms with Crippen LogP contribution in [-0.2, 0) is 5.54 Å². The van der Waals surface area contributed by atoms with Gasteiger partial charge < -0.3 is 0 Å². The second kappa shape index (κ2) is 5.55. The van der Waals surface area contributed by atoms with Gasteiger partial charge in [0.1, 0.15) is 5.54 Å². The topological polar surface area (TPSA) is 39.1 Å². The molecule has 106 valence electrons. The van der Waals surface area contributed by atoms with Crippen molar-refractivity contribution in [3.05, 3.63) is 35.9 Å². The van der Waals surface area contributed by atoms with Gasteiger partial charge in [0.15, 0.2) is 0 Å². The lowest BCUT2D eigenvalue weighted by molar-refractivity contribution is 0.169. The minimum Gasteiger partial charge on any atom is -0.297 e. The molecule has 1 aromatic rings. The Morgan fingerprint density at radius 3 is 2.70 bits per heavy atom. The van der Waals surface area contributed by atoms with Crippen LogP contribution in [0.4, 0.5) is 0 Å². The van der Waals surface area contributed by atoms with Gasteiger partial charge >= 0.3 is 0 Å². The van der Waals surface area contributed by atoms with Crippen LogP contribution < -0.4 is 5.32 Å². The van der Waals surface area contributed by atoms with Crippen LogP contribution in [-0.4, -0.2) is 30.6 Å². The molecule has 1 heterocycles. The number of piperidine rings is 1. The first-order chi connectivity index (χ1) is 9.77. The average Bonchev–Trinajstić information content (AvgIpc) is 3.10. The summed E-state index contributed by atoms with van der Waals surface area (Å²) < 4.78 is 0. The van der Waals surface area contributed by atoms with E-state index in [2.05, 4.69) is 35.3 Å². The van der Waals surface area contributed by atoms with Crippen molar-refractivity contribution in [2.24, 2.45) is 5.92 Å². The summed E-state index contributed by atoms with van der Waals surface area (Å²) in [6, 6.07) is 13.5. The number of hydrogen-bond acceptors (Lipinski definition) is 3. The molecule has 1 aliphatic heterocycles. The first-order valence-electron chi connectivity index (χ1n) is 7.73. The number of likely N-dealkylation sites (tertiary alicyclic amines) is 1. The summed E-state index contributed by atoms with van der Waals surface area (Å²) in [4.78, 5) is 2.53. The Labute approximate surface area is 121 Å². The van der Waals surface area contributed by atoms with Crippen LogP contribution in [0.2, 0.25) is 0 Å². The van der Waals surface area contributed by atoms with Crippen LogP contribution in [0.15, 0.2) is 30.3 Å². The summed E-state index contributed by atoms with van der Waals surface area (Å²) in [5.74, 6) is 0.869. The molecule has 0 amide bonds. The lowest BCUT2D eigenvalue weighted by Gasteiger charge is -2.36. The zero-order chi connectivity index (χ0) is 14.0. The number of rotatable bonds is 5. The fraction of sp³-hybridized carbons (Fsp3) is 0.588. The zero-order valence-corrected chi connectivity index (χ0v) is 12.2. The van der Waals surface area contributed by atoms with Crippen LogP contribution in [0.3, 0.4) is 0 Å². The monoisotopic (exact) mass is 269 g/mol. The molecule has 2 bridgehead atoms. The van der Waals surface area contributed by atoms with Gasteiger partial charge in [0.2, 0.25) is 0 Å². The standard InChI is InChI=1S/C17H23N3/c1-2-19-17(12-18,15-6-4-3-5-7-15)13-20-11-14-8-9-16(20)10-14/h3-7,14,16,19H,2,8-11,13H2,1H3. The van der Waals surface area contributed by atoms with Gasteiger partial charge in [-0.15, -0.1) is 0 Å². The molecule has 1 saturated carbocycles. The van der Waals surface area contributed by atoms with Crippen molar-refractivity contribution in [2.45, 2.75) is 37.8 Å². The predicted octanol–water partition coefficient (Wildman–Crippen LogP) is 2.50. The highest BCUT2D eigenvalue weighted by molar-refractivity contribution is 5.32. The molecular weight excluding hydrogens is 246 g/mol. The minimum atomic E-state index is -0.569. The second-order valence-corrected chi connectivity index (χ2v) is 6.18. The largest absolute Gasteiger partial charge is 0.297 e. The summed E-state index contributed by atoms with van der Waals surface area (Å²) in [7, 11) is 0. The van der Waals surface area contributed by atoms with E-state index in [4.69, 9.17) is 0 Å². The number of benzene rings is 1. The number of nitriles is 1. The first-order valence-corrected chi connectivity index (χ1v) is 7.73. The van der Waals surface area contributed by atoms with Crippen molar-refractivity contribution >= 4 is 0 Å². The van der Waals surface area contributed by atoms with Crippen molar-refractivity contribution < 1.29 is 0 Å². The minimum absolute atomic E-state index is 0.569. The molecule has 3 nitrogen and oxygen atoms in total. The van der Waals surface area contributed by atoms with Gasteiger partial charge in [-0.2, -0.15) is 5.26 Å². The quantitative estimate of drug-likeness (QED) is 0.892. The van der Waals surface area contributed by atoms with E-state index in [0.717, 1.165) is 24.6 Å². The van der Waals surface area contributed by atoms with Crippen LogP contribution in [0.25, 0.3) is 0 Å². The highest BCUT2D eigenvalue weighted by atomic mass is 15.2. The lowest BCUT2D eigenvalue weighted by Crippen LogP contribution is -2.51. The third-order valence-corrected chi connectivity index (χ3v) is 4.90. The van der Waals surface area contributed by atoms with Crippen LogP contribution >= 0.6 is 0 Å². The van der Waals surface area contributed by atoms with E-state index in [-0.39, 0.29) is 0 Å². The first kappa shape index (κ1) is 13.6. The lowest BCUT2D eigenvalue weighted by atomic mass is 9.90. The molecule has 1 aliphatic carbocycles. The predicted molar refractivity (Wildman–Crippen MR) is 80.1 cm³/mol. The van der Waals surface area contributed by atoms with E-state index < -0.39 is 5.54 Å². The third-order valence-electron chi connectivity index (χ3n) is 4.90. The Morgan fingerprint density at radius 1 is 1.35 bits per heavy atom. The molecule has 2 aliphatic rings. The maximum atomic E-state index is 9.85. The van der Waals surface area contributed by atoms with E-state index in [1.165, 1.54) is 25.8 Å². The molecule has 1 aromatic carbocycles. The highest BCUT2D eigenvalue weighted by Gasteiger charge is 2.42. The van der Waals surface area contributed by atoms with Crippen LogP contribution in [0.5, 0.6) is 0 Å². The summed E-state index contributed by atoms with van der Waals surface area (Å²) in [5.41, 5.74) is 0.521. The number of nitrogens with one attached hydrogen (secondary N) is 1. The number of likely N-dealkylation sites (N-methyl/N-ethyl adjacent to an activating group) is 1. The summed E-state index contributed by atoms with van der Waals surface area (Å²) in [6.07, 6.45) is 4.03. The van der Waals surface area contributed by atoms with Crippen molar-refractivity contribution in [1.29, 1.82) is 5.26 Å². The number of fused-ring (bicyclic) bond motifs is 2. The number of hydrogen-bond donors (Lipinski definition) is 1. The molecule has 0 aromatic heterocycles. The SMILES string of the molecule is CCNC(C#N)(CN1CC2CCC1C2)c1ccccc1. The van der Waals surface area contributed by atoms with Crippen molar-refractivity contribution in [3.8, 4) is 6.07 Å². The van der Waals surface area contributed by atoms with Crippen LogP contribution in [0.1, 0.15) is 31.7 Å². The van der Waals surface area contributed by atoms with Gasteiger partial charge in [-0.3, -0.25) is 10.2 Å². The maximum absolute atomic E-state index is 9.85. The molecule has 3 unspecified atom stereocenters. The van der Waals surface area contributed by atoms with E-state index in [9.17, 15) is 5.26 Å². The average molecular weight is 269 g/mol.